The molecule has 0 saturated heterocycles. The van der Waals surface area contributed by atoms with Crippen molar-refractivity contribution in [3.63, 3.8) is 0 Å². The number of furan rings is 1. The molecule has 500 valence electrons. The van der Waals surface area contributed by atoms with Crippen LogP contribution >= 0.6 is 22.7 Å². The van der Waals surface area contributed by atoms with Gasteiger partial charge in [0, 0.05) is 52.1 Å². The number of rotatable bonds is 5. The molecule has 5 aromatic heterocycles. The maximum absolute atomic E-state index is 5.23. The summed E-state index contributed by atoms with van der Waals surface area (Å²) in [6, 6.07) is 42.1. The molecule has 5 unspecified atom stereocenters. The lowest BCUT2D eigenvalue weighted by Gasteiger charge is -2.35. The van der Waals surface area contributed by atoms with E-state index in [1.54, 1.807) is 41.4 Å². The van der Waals surface area contributed by atoms with Gasteiger partial charge in [0.05, 0.1) is 52.6 Å². The van der Waals surface area contributed by atoms with Crippen LogP contribution in [0.5, 0.6) is 0 Å². The first-order chi connectivity index (χ1) is 48.6. The zero-order chi connectivity index (χ0) is 66.7. The van der Waals surface area contributed by atoms with E-state index in [1.165, 1.54) is 178 Å². The van der Waals surface area contributed by atoms with Gasteiger partial charge >= 0.3 is 0 Å². The van der Waals surface area contributed by atoms with Crippen molar-refractivity contribution in [2.45, 2.75) is 189 Å². The Balaban J connectivity index is 0.0000000966. The molecule has 13 heteroatoms. The van der Waals surface area contributed by atoms with E-state index < -0.39 is 0 Å². The molecule has 5 aliphatic carbocycles. The number of nitrogens with zero attached hydrogens (tertiary/aromatic N) is 9. The molecule has 10 aliphatic rings. The summed E-state index contributed by atoms with van der Waals surface area (Å²) in [5, 5.41) is 10.2. The number of amidine groups is 1. The molecule has 0 fully saturated rings. The van der Waals surface area contributed by atoms with E-state index in [0.29, 0.717) is 0 Å². The maximum atomic E-state index is 5.23. The first-order valence-corrected chi connectivity index (χ1v) is 38.0. The summed E-state index contributed by atoms with van der Waals surface area (Å²) >= 11 is 3.62. The van der Waals surface area contributed by atoms with Gasteiger partial charge in [-0.25, -0.2) is 19.9 Å². The van der Waals surface area contributed by atoms with Gasteiger partial charge < -0.3 is 9.73 Å². The number of thiophene rings is 2. The van der Waals surface area contributed by atoms with E-state index in [9.17, 15) is 0 Å². The lowest BCUT2D eigenvalue weighted by atomic mass is 9.75. The predicted octanol–water partition coefficient (Wildman–Crippen LogP) is 19.1. The summed E-state index contributed by atoms with van der Waals surface area (Å²) in [6.45, 7) is 5.13. The van der Waals surface area contributed by atoms with Crippen LogP contribution in [0.3, 0.4) is 0 Å². The van der Waals surface area contributed by atoms with Crippen molar-refractivity contribution >= 4 is 52.9 Å². The summed E-state index contributed by atoms with van der Waals surface area (Å²) in [6.07, 6.45) is 47.4. The van der Waals surface area contributed by atoms with Crippen molar-refractivity contribution in [3.05, 3.63) is 237 Å². The molecule has 10 aromatic rings. The average Bonchev–Trinajstić information content (AvgIpc) is 1.78. The molecule has 5 atom stereocenters. The number of aromatic nitrogens is 4. The first kappa shape index (κ1) is 64.7. The number of benzene rings is 5. The van der Waals surface area contributed by atoms with Gasteiger partial charge in [0.25, 0.3) is 0 Å². The Bertz CT molecular complexity index is 4400. The monoisotopic (exact) mass is 1340 g/mol. The van der Waals surface area contributed by atoms with Gasteiger partial charge in [0.1, 0.15) is 12.7 Å². The third-order valence-electron chi connectivity index (χ3n) is 23.1. The van der Waals surface area contributed by atoms with Crippen LogP contribution < -0.4 is 5.32 Å². The summed E-state index contributed by atoms with van der Waals surface area (Å²) < 4.78 is 5.23. The second-order valence-corrected chi connectivity index (χ2v) is 31.2. The second kappa shape index (κ2) is 28.0. The van der Waals surface area contributed by atoms with Gasteiger partial charge in [0.2, 0.25) is 0 Å². The minimum Gasteiger partial charge on any atom is -0.472 e. The molecule has 1 N–H and O–H groups in total. The fraction of sp³-hybridized carbons (Fsp3) is 0.360. The molecule has 0 amide bonds. The zero-order valence-electron chi connectivity index (χ0n) is 57.3. The van der Waals surface area contributed by atoms with Crippen LogP contribution in [0, 0.1) is 0 Å². The lowest BCUT2D eigenvalue weighted by molar-refractivity contribution is 0.362. The number of hydrogen-bond donors (Lipinski definition) is 1. The van der Waals surface area contributed by atoms with Crippen molar-refractivity contribution in [1.82, 2.24) is 25.3 Å². The number of hydrogen-bond acceptors (Lipinski definition) is 13. The molecule has 0 bridgehead atoms. The highest BCUT2D eigenvalue weighted by atomic mass is 32.1. The Kier molecular flexibility index (Phi) is 18.3. The highest BCUT2D eigenvalue weighted by Gasteiger charge is 2.42. The molecule has 0 radical (unpaired) electrons. The Labute approximate surface area is 591 Å². The van der Waals surface area contributed by atoms with E-state index in [2.05, 4.69) is 188 Å². The fourth-order valence-electron chi connectivity index (χ4n) is 18.1. The largest absolute Gasteiger partial charge is 0.472 e. The van der Waals surface area contributed by atoms with E-state index in [1.807, 2.05) is 48.5 Å². The maximum Gasteiger partial charge on any atom is 0.115 e. The second-order valence-electron chi connectivity index (χ2n) is 29.5. The molecule has 0 saturated carbocycles. The van der Waals surface area contributed by atoms with Gasteiger partial charge in [-0.3, -0.25) is 25.0 Å². The molecule has 5 spiro atoms. The molecule has 11 nitrogen and oxygen atoms in total. The minimum absolute atomic E-state index is 0.142. The predicted molar refractivity (Wildman–Crippen MR) is 409 cm³/mol. The lowest BCUT2D eigenvalue weighted by Crippen LogP contribution is -2.49. The van der Waals surface area contributed by atoms with Gasteiger partial charge in [0.15, 0.2) is 0 Å². The van der Waals surface area contributed by atoms with Crippen LogP contribution in [-0.4, -0.2) is 84.4 Å². The molecule has 10 heterocycles. The standard InChI is InChI=1S/C18H19N3.C17H18N4.C17H17NO.2C17H17NS/c1-13-5-7-18(21-13)8-6-17-14(9-18)3-2-4-16(17)15-10-19-12-20-11-15;1-12-20-10-17(21-12)6-5-16-13(7-17)3-2-4-15(16)14-8-18-11-19-9-14;1-3-13-11-17(7-2-9-18-17)8-5-16(13)15(4-1)14-6-10-19-12-14;1-4-13-12-17(8-3-10-18-17)9-7-14(13)15(5-1)16-6-2-11-19-16;1-3-13-11-17(7-2-9-18-17)8-5-16(13)15(4-1)14-6-10-19-12-14/h2-4,10-12H,5-9H2,1H3;2-4,8-9,11H,5-7,10H2,1H3,(H,20,21);1,3-4,6,9-10,12H,2,5,7-8,11H2;1-2,4-6,10-11H,3,7-9,12H2;1,3-4,6,9-10,12H,2,5,7-8,11H2. The molecule has 5 aliphatic heterocycles. The summed E-state index contributed by atoms with van der Waals surface area (Å²) in [7, 11) is 0. The van der Waals surface area contributed by atoms with E-state index in [-0.39, 0.29) is 27.7 Å². The SMILES string of the molecule is C1=NC2(CC1)CCc1c(cccc1-c1cccs1)C2.C1=NC2(CC1)CCc1c(cccc1-c1ccoc1)C2.C1=NC2(CC1)CCc1c(cccc1-c1ccsc1)C2.CC1=NC2(CC1)CCc1c(cccc1-c1cncnc1)C2.CC1=NCC2(CCc3c(cccc3-c3cncnc3)C2)N1. The number of aliphatic imine (C=N–C) groups is 5. The van der Waals surface area contributed by atoms with Gasteiger partial charge in [-0.1, -0.05) is 97.1 Å². The van der Waals surface area contributed by atoms with Crippen LogP contribution in [0.2, 0.25) is 0 Å². The summed E-state index contributed by atoms with van der Waals surface area (Å²) in [5.41, 5.74) is 28.9. The Morgan fingerprint density at radius 2 is 0.869 bits per heavy atom. The smallest absolute Gasteiger partial charge is 0.115 e. The summed E-state index contributed by atoms with van der Waals surface area (Å²) in [4.78, 5) is 41.9. The summed E-state index contributed by atoms with van der Waals surface area (Å²) in [5.74, 6) is 1.08. The third kappa shape index (κ3) is 13.7. The van der Waals surface area contributed by atoms with Crippen molar-refractivity contribution < 1.29 is 4.42 Å². The van der Waals surface area contributed by atoms with E-state index in [4.69, 9.17) is 24.4 Å². The normalized spacial score (nSPS) is 24.4. The van der Waals surface area contributed by atoms with Crippen molar-refractivity contribution in [2.75, 3.05) is 6.54 Å². The first-order valence-electron chi connectivity index (χ1n) is 36.2. The Morgan fingerprint density at radius 1 is 0.414 bits per heavy atom. The zero-order valence-corrected chi connectivity index (χ0v) is 58.9. The highest BCUT2D eigenvalue weighted by Crippen LogP contribution is 2.46. The molecular weight excluding hydrogens is 1250 g/mol. The highest BCUT2D eigenvalue weighted by molar-refractivity contribution is 7.13. The van der Waals surface area contributed by atoms with Crippen LogP contribution in [0.25, 0.3) is 54.9 Å². The van der Waals surface area contributed by atoms with Gasteiger partial charge in [-0.15, -0.1) is 11.3 Å². The molecule has 20 rings (SSSR count). The third-order valence-corrected chi connectivity index (χ3v) is 24.7. The fourth-order valence-corrected chi connectivity index (χ4v) is 19.5. The van der Waals surface area contributed by atoms with Gasteiger partial charge in [-0.05, 0) is 304 Å². The molecule has 5 aromatic carbocycles. The van der Waals surface area contributed by atoms with Crippen LogP contribution in [0.15, 0.2) is 211 Å². The number of fused-ring (bicyclic) bond motifs is 5. The van der Waals surface area contributed by atoms with E-state index >= 15 is 0 Å². The minimum atomic E-state index is 0.142. The van der Waals surface area contributed by atoms with E-state index in [0.717, 1.165) is 87.7 Å². The molecule has 99 heavy (non-hydrogen) atoms. The Morgan fingerprint density at radius 3 is 1.29 bits per heavy atom. The average molecular weight is 1340 g/mol. The molecular formula is C86H88N10OS2. The topological polar surface area (TPSA) is 139 Å². The quantitative estimate of drug-likeness (QED) is 0.182. The number of nitrogens with one attached hydrogen (secondary N) is 1. The van der Waals surface area contributed by atoms with Crippen molar-refractivity contribution in [3.8, 4) is 54.9 Å². The van der Waals surface area contributed by atoms with Crippen molar-refractivity contribution in [2.24, 2.45) is 25.0 Å². The Hall–Kier alpha value is -8.91. The van der Waals surface area contributed by atoms with Crippen molar-refractivity contribution in [1.29, 1.82) is 0 Å². The van der Waals surface area contributed by atoms with Gasteiger partial charge in [-0.2, -0.15) is 11.3 Å². The van der Waals surface area contributed by atoms with Crippen LogP contribution in [0.4, 0.5) is 0 Å². The van der Waals surface area contributed by atoms with Crippen LogP contribution in [-0.2, 0) is 64.2 Å². The van der Waals surface area contributed by atoms with Crippen LogP contribution in [0.1, 0.15) is 153 Å².